The fraction of sp³-hybridized carbons (Fsp3) is 0.353. The zero-order valence-electron chi connectivity index (χ0n) is 13.1. The SMILES string of the molecule is O=C(NCC1CCN(C(=O)c2ccncc2)CC1)c1ccc(Br)o1. The van der Waals surface area contributed by atoms with E-state index < -0.39 is 0 Å². The average molecular weight is 392 g/mol. The number of rotatable bonds is 4. The molecule has 0 spiro atoms. The summed E-state index contributed by atoms with van der Waals surface area (Å²) in [4.78, 5) is 30.1. The van der Waals surface area contributed by atoms with Crippen molar-refractivity contribution in [1.82, 2.24) is 15.2 Å². The third kappa shape index (κ3) is 4.03. The molecule has 2 aromatic rings. The number of hydrogen-bond acceptors (Lipinski definition) is 4. The van der Waals surface area contributed by atoms with Crippen molar-refractivity contribution in [3.8, 4) is 0 Å². The number of pyridine rings is 1. The summed E-state index contributed by atoms with van der Waals surface area (Å²) in [6.07, 6.45) is 5.00. The lowest BCUT2D eigenvalue weighted by Gasteiger charge is -2.32. The molecule has 24 heavy (non-hydrogen) atoms. The molecule has 0 bridgehead atoms. The lowest BCUT2D eigenvalue weighted by molar-refractivity contribution is 0.0683. The molecule has 1 aliphatic heterocycles. The third-order valence-electron chi connectivity index (χ3n) is 4.18. The van der Waals surface area contributed by atoms with Crippen LogP contribution in [0.1, 0.15) is 33.8 Å². The van der Waals surface area contributed by atoms with E-state index in [0.29, 0.717) is 41.5 Å². The molecule has 0 radical (unpaired) electrons. The first kappa shape index (κ1) is 16.7. The Morgan fingerprint density at radius 3 is 2.54 bits per heavy atom. The van der Waals surface area contributed by atoms with Crippen molar-refractivity contribution in [2.45, 2.75) is 12.8 Å². The molecule has 1 saturated heterocycles. The first-order chi connectivity index (χ1) is 11.6. The molecule has 3 heterocycles. The van der Waals surface area contributed by atoms with Gasteiger partial charge in [-0.15, -0.1) is 0 Å². The molecule has 2 amide bonds. The van der Waals surface area contributed by atoms with Crippen LogP contribution in [0.25, 0.3) is 0 Å². The van der Waals surface area contributed by atoms with Gasteiger partial charge in [-0.05, 0) is 59.0 Å². The number of likely N-dealkylation sites (tertiary alicyclic amines) is 1. The number of furan rings is 1. The van der Waals surface area contributed by atoms with Crippen LogP contribution < -0.4 is 5.32 Å². The highest BCUT2D eigenvalue weighted by Gasteiger charge is 2.24. The van der Waals surface area contributed by atoms with Crippen molar-refractivity contribution in [2.24, 2.45) is 5.92 Å². The van der Waals surface area contributed by atoms with Gasteiger partial charge in [-0.2, -0.15) is 0 Å². The maximum atomic E-state index is 12.4. The van der Waals surface area contributed by atoms with Crippen LogP contribution in [-0.2, 0) is 0 Å². The largest absolute Gasteiger partial charge is 0.444 e. The van der Waals surface area contributed by atoms with Crippen LogP contribution in [0, 0.1) is 5.92 Å². The highest BCUT2D eigenvalue weighted by molar-refractivity contribution is 9.10. The Labute approximate surface area is 148 Å². The van der Waals surface area contributed by atoms with E-state index in [4.69, 9.17) is 4.42 Å². The second-order valence-electron chi connectivity index (χ2n) is 5.79. The van der Waals surface area contributed by atoms with Crippen LogP contribution in [0.4, 0.5) is 0 Å². The standard InChI is InChI=1S/C17H18BrN3O3/c18-15-2-1-14(24-15)16(22)20-11-12-5-9-21(10-6-12)17(23)13-3-7-19-8-4-13/h1-4,7-8,12H,5-6,9-11H2,(H,20,22). The van der Waals surface area contributed by atoms with Gasteiger partial charge >= 0.3 is 0 Å². The van der Waals surface area contributed by atoms with Crippen LogP contribution in [0.5, 0.6) is 0 Å². The van der Waals surface area contributed by atoms with E-state index in [1.165, 1.54) is 0 Å². The van der Waals surface area contributed by atoms with Gasteiger partial charge in [0.2, 0.25) is 0 Å². The first-order valence-electron chi connectivity index (χ1n) is 7.86. The molecule has 3 rings (SSSR count). The predicted molar refractivity (Wildman–Crippen MR) is 91.6 cm³/mol. The van der Waals surface area contributed by atoms with Crippen LogP contribution in [0.2, 0.25) is 0 Å². The highest BCUT2D eigenvalue weighted by atomic mass is 79.9. The van der Waals surface area contributed by atoms with Gasteiger partial charge in [0.15, 0.2) is 10.4 Å². The lowest BCUT2D eigenvalue weighted by atomic mass is 9.96. The molecular weight excluding hydrogens is 374 g/mol. The molecule has 0 atom stereocenters. The zero-order chi connectivity index (χ0) is 16.9. The van der Waals surface area contributed by atoms with Crippen molar-refractivity contribution in [3.63, 3.8) is 0 Å². The van der Waals surface area contributed by atoms with Gasteiger partial charge in [-0.3, -0.25) is 14.6 Å². The zero-order valence-corrected chi connectivity index (χ0v) is 14.7. The third-order valence-corrected chi connectivity index (χ3v) is 4.60. The number of nitrogens with zero attached hydrogens (tertiary/aromatic N) is 2. The number of halogens is 1. The van der Waals surface area contributed by atoms with Crippen molar-refractivity contribution >= 4 is 27.7 Å². The number of carbonyl (C=O) groups excluding carboxylic acids is 2. The van der Waals surface area contributed by atoms with E-state index in [1.807, 2.05) is 4.90 Å². The summed E-state index contributed by atoms with van der Waals surface area (Å²) in [5.74, 6) is 0.498. The number of aromatic nitrogens is 1. The summed E-state index contributed by atoms with van der Waals surface area (Å²) >= 11 is 3.18. The number of carbonyl (C=O) groups is 2. The molecule has 0 unspecified atom stereocenters. The van der Waals surface area contributed by atoms with Crippen molar-refractivity contribution in [1.29, 1.82) is 0 Å². The maximum Gasteiger partial charge on any atom is 0.287 e. The molecule has 126 valence electrons. The Hall–Kier alpha value is -2.15. The quantitative estimate of drug-likeness (QED) is 0.868. The Balaban J connectivity index is 1.45. The molecule has 1 fully saturated rings. The number of amides is 2. The van der Waals surface area contributed by atoms with Gasteiger partial charge in [0.05, 0.1) is 0 Å². The average Bonchev–Trinajstić information content (AvgIpc) is 3.07. The number of hydrogen-bond donors (Lipinski definition) is 1. The summed E-state index contributed by atoms with van der Waals surface area (Å²) in [6.45, 7) is 2.00. The van der Waals surface area contributed by atoms with Gasteiger partial charge in [-0.25, -0.2) is 0 Å². The van der Waals surface area contributed by atoms with E-state index >= 15 is 0 Å². The monoisotopic (exact) mass is 391 g/mol. The smallest absolute Gasteiger partial charge is 0.287 e. The normalized spacial score (nSPS) is 15.3. The Bertz CT molecular complexity index is 709. The van der Waals surface area contributed by atoms with E-state index in [-0.39, 0.29) is 11.8 Å². The van der Waals surface area contributed by atoms with Crippen molar-refractivity contribution in [3.05, 3.63) is 52.7 Å². The van der Waals surface area contributed by atoms with E-state index in [0.717, 1.165) is 12.8 Å². The number of nitrogens with one attached hydrogen (secondary N) is 1. The summed E-state index contributed by atoms with van der Waals surface area (Å²) in [5.41, 5.74) is 0.667. The molecule has 0 aromatic carbocycles. The highest BCUT2D eigenvalue weighted by Crippen LogP contribution is 2.19. The van der Waals surface area contributed by atoms with Crippen molar-refractivity contribution < 1.29 is 14.0 Å². The van der Waals surface area contributed by atoms with Crippen LogP contribution in [0.15, 0.2) is 45.7 Å². The molecule has 6 nitrogen and oxygen atoms in total. The summed E-state index contributed by atoms with van der Waals surface area (Å²) in [5, 5.41) is 2.89. The molecule has 1 aliphatic rings. The minimum atomic E-state index is -0.212. The van der Waals surface area contributed by atoms with E-state index in [2.05, 4.69) is 26.2 Å². The molecule has 7 heteroatoms. The fourth-order valence-corrected chi connectivity index (χ4v) is 3.08. The molecule has 2 aromatic heterocycles. The second-order valence-corrected chi connectivity index (χ2v) is 6.57. The van der Waals surface area contributed by atoms with Crippen LogP contribution in [-0.4, -0.2) is 41.3 Å². The fourth-order valence-electron chi connectivity index (χ4n) is 2.78. The maximum absolute atomic E-state index is 12.4. The first-order valence-corrected chi connectivity index (χ1v) is 8.65. The summed E-state index contributed by atoms with van der Waals surface area (Å²) in [7, 11) is 0. The summed E-state index contributed by atoms with van der Waals surface area (Å²) < 4.78 is 5.77. The molecule has 0 saturated carbocycles. The topological polar surface area (TPSA) is 75.4 Å². The molecule has 0 aliphatic carbocycles. The minimum Gasteiger partial charge on any atom is -0.444 e. The van der Waals surface area contributed by atoms with Gasteiger partial charge in [0.1, 0.15) is 0 Å². The molecular formula is C17H18BrN3O3. The van der Waals surface area contributed by atoms with Crippen LogP contribution in [0.3, 0.4) is 0 Å². The lowest BCUT2D eigenvalue weighted by Crippen LogP contribution is -2.41. The van der Waals surface area contributed by atoms with Crippen molar-refractivity contribution in [2.75, 3.05) is 19.6 Å². The number of piperidine rings is 1. The van der Waals surface area contributed by atoms with E-state index in [9.17, 15) is 9.59 Å². The van der Waals surface area contributed by atoms with Gasteiger partial charge in [0, 0.05) is 37.6 Å². The molecule has 1 N–H and O–H groups in total. The Morgan fingerprint density at radius 2 is 1.92 bits per heavy atom. The second kappa shape index (κ2) is 7.61. The summed E-state index contributed by atoms with van der Waals surface area (Å²) in [6, 6.07) is 6.79. The van der Waals surface area contributed by atoms with Crippen LogP contribution >= 0.6 is 15.9 Å². The van der Waals surface area contributed by atoms with Gasteiger partial charge in [-0.1, -0.05) is 0 Å². The van der Waals surface area contributed by atoms with Gasteiger partial charge < -0.3 is 14.6 Å². The minimum absolute atomic E-state index is 0.0420. The predicted octanol–water partition coefficient (Wildman–Crippen LogP) is 2.72. The Morgan fingerprint density at radius 1 is 1.21 bits per heavy atom. The Kier molecular flexibility index (Phi) is 5.30. The van der Waals surface area contributed by atoms with E-state index in [1.54, 1.807) is 36.7 Å². The van der Waals surface area contributed by atoms with Gasteiger partial charge in [0.25, 0.3) is 11.8 Å².